The number of aliphatic hydroxyl groups is 1. The Balaban J connectivity index is 1.09. The monoisotopic (exact) mass is 1120 g/mol. The van der Waals surface area contributed by atoms with Gasteiger partial charge in [-0.3, -0.25) is 0 Å². The van der Waals surface area contributed by atoms with Gasteiger partial charge in [0, 0.05) is 0 Å². The Kier molecular flexibility index (Phi) is 20.9. The van der Waals surface area contributed by atoms with E-state index >= 15 is 0 Å². The second-order valence-corrected chi connectivity index (χ2v) is 26.3. The average Bonchev–Trinajstić information content (AvgIpc) is 2.34. The molecule has 426 valence electrons. The third kappa shape index (κ3) is 15.2. The van der Waals surface area contributed by atoms with Crippen LogP contribution in [0.3, 0.4) is 0 Å². The van der Waals surface area contributed by atoms with Crippen LogP contribution in [-0.2, 0) is 86.7 Å². The quantitative estimate of drug-likeness (QED) is 0.0523. The summed E-state index contributed by atoms with van der Waals surface area (Å²) in [6.45, 7) is 8.18. The Morgan fingerprint density at radius 1 is 0.354 bits per heavy atom. The molecule has 2 saturated heterocycles. The van der Waals surface area contributed by atoms with Crippen molar-refractivity contribution in [1.29, 1.82) is 0 Å². The van der Waals surface area contributed by atoms with E-state index in [1.165, 1.54) is 0 Å². The van der Waals surface area contributed by atoms with Gasteiger partial charge in [-0.15, -0.1) is 0 Å². The van der Waals surface area contributed by atoms with Gasteiger partial charge >= 0.3 is 0 Å². The van der Waals surface area contributed by atoms with Crippen LogP contribution < -0.4 is 10.4 Å². The molecule has 0 aromatic heterocycles. The Morgan fingerprint density at radius 3 is 1.06 bits per heavy atom. The maximum absolute atomic E-state index is 12.2. The summed E-state index contributed by atoms with van der Waals surface area (Å²) in [5, 5.41) is 14.1. The Hall–Kier alpha value is -6.46. The number of hydrogen-bond donors (Lipinski definition) is 1. The van der Waals surface area contributed by atoms with Gasteiger partial charge in [0.1, 0.15) is 48.8 Å². The summed E-state index contributed by atoms with van der Waals surface area (Å²) in [5.74, 6) is 0. The number of ether oxygens (including phenoxy) is 9. The molecule has 12 heteroatoms. The highest BCUT2D eigenvalue weighted by molar-refractivity contribution is 6.99. The van der Waals surface area contributed by atoms with Gasteiger partial charge in [-0.05, 0) is 48.8 Å². The molecule has 11 nitrogen and oxygen atoms in total. The van der Waals surface area contributed by atoms with E-state index in [2.05, 4.69) is 81.4 Å². The zero-order valence-electron chi connectivity index (χ0n) is 47.1. The smallest absolute Gasteiger partial charge is 0.261 e. The molecule has 82 heavy (non-hydrogen) atoms. The highest BCUT2D eigenvalue weighted by Crippen LogP contribution is 2.40. The van der Waals surface area contributed by atoms with Gasteiger partial charge in [-0.1, -0.05) is 263 Å². The summed E-state index contributed by atoms with van der Waals surface area (Å²) in [6.07, 6.45) is -9.85. The zero-order chi connectivity index (χ0) is 56.4. The first-order valence-corrected chi connectivity index (χ1v) is 30.4. The molecule has 0 radical (unpaired) electrons. The second kappa shape index (κ2) is 29.2. The van der Waals surface area contributed by atoms with Crippen molar-refractivity contribution in [3.05, 3.63) is 276 Å². The van der Waals surface area contributed by atoms with Crippen LogP contribution in [0.15, 0.2) is 243 Å². The molecule has 2 fully saturated rings. The SMILES string of the molecule is CC(C)(C)[Si](OC[C@H]1OC(O[C@H]2[C@H](OCc3ccccc3)[C@@H](OCc3ccccc3)[C@@H](O)O[C@@H]2COCc2ccccc2)[C@H](OCc2ccccc2)[C@@H](OCc2ccccc2)[C@@H]1OCc1ccccc1)(c1ccccc1)c1ccccc1. The van der Waals surface area contributed by atoms with Gasteiger partial charge in [-0.2, -0.15) is 0 Å². The molecule has 2 aliphatic heterocycles. The molecule has 8 aromatic rings. The molecule has 2 heterocycles. The summed E-state index contributed by atoms with van der Waals surface area (Å²) in [4.78, 5) is 0. The van der Waals surface area contributed by atoms with Crippen molar-refractivity contribution in [3.63, 3.8) is 0 Å². The lowest BCUT2D eigenvalue weighted by molar-refractivity contribution is -0.373. The fourth-order valence-corrected chi connectivity index (χ4v) is 15.6. The molecule has 0 saturated carbocycles. The van der Waals surface area contributed by atoms with Crippen LogP contribution >= 0.6 is 0 Å². The summed E-state index contributed by atoms with van der Waals surface area (Å²) in [7, 11) is -3.19. The van der Waals surface area contributed by atoms with E-state index in [0.717, 1.165) is 43.8 Å². The third-order valence-electron chi connectivity index (χ3n) is 15.2. The van der Waals surface area contributed by atoms with Crippen LogP contribution in [0.4, 0.5) is 0 Å². The summed E-state index contributed by atoms with van der Waals surface area (Å²) < 4.78 is 71.6. The van der Waals surface area contributed by atoms with Gasteiger partial charge in [0.25, 0.3) is 8.32 Å². The first-order valence-electron chi connectivity index (χ1n) is 28.5. The lowest BCUT2D eigenvalue weighted by Crippen LogP contribution is -2.69. The molecule has 10 atom stereocenters. The van der Waals surface area contributed by atoms with Crippen molar-refractivity contribution in [2.24, 2.45) is 0 Å². The molecular weight excluding hydrogens is 1040 g/mol. The van der Waals surface area contributed by atoms with Crippen LogP contribution in [0.5, 0.6) is 0 Å². The number of hydrogen-bond acceptors (Lipinski definition) is 11. The Labute approximate surface area is 484 Å². The number of benzene rings is 8. The second-order valence-electron chi connectivity index (χ2n) is 22.0. The normalized spacial score (nSPS) is 23.1. The molecule has 0 bridgehead atoms. The maximum atomic E-state index is 12.2. The lowest BCUT2D eigenvalue weighted by Gasteiger charge is -2.50. The molecule has 1 N–H and O–H groups in total. The molecule has 2 aliphatic rings. The molecule has 0 spiro atoms. The highest BCUT2D eigenvalue weighted by Gasteiger charge is 2.56. The Morgan fingerprint density at radius 2 is 0.671 bits per heavy atom. The average molecular weight is 1120 g/mol. The lowest BCUT2D eigenvalue weighted by atomic mass is 9.95. The van der Waals surface area contributed by atoms with Crippen LogP contribution in [0.1, 0.15) is 54.2 Å². The minimum atomic E-state index is -3.19. The number of aliphatic hydroxyl groups excluding tert-OH is 1. The van der Waals surface area contributed by atoms with E-state index in [1.54, 1.807) is 0 Å². The van der Waals surface area contributed by atoms with Crippen molar-refractivity contribution in [1.82, 2.24) is 0 Å². The standard InChI is InChI=1S/C70H76O11Si/c1-70(2,3)82(58-40-24-10-25-41-58,59-42-26-11-27-43-59)78-51-61-62(73-45-53-30-14-5-15-31-53)64(74-46-54-32-16-6-17-33-54)67(77-49-57-38-22-9-23-39-57)69(80-61)81-63-60(50-72-44-52-28-12-4-13-29-52)79-68(71)66(76-48-56-36-20-8-21-37-56)65(63)75-47-55-34-18-7-19-35-55/h4-43,60-69,71H,44-51H2,1-3H3/t60-,61-,62-,63-,64+,65+,66-,67-,68+,69?/m1/s1. The van der Waals surface area contributed by atoms with Crippen molar-refractivity contribution in [3.8, 4) is 0 Å². The predicted molar refractivity (Wildman–Crippen MR) is 319 cm³/mol. The van der Waals surface area contributed by atoms with Gasteiger partial charge in [0.05, 0.1) is 52.9 Å². The predicted octanol–water partition coefficient (Wildman–Crippen LogP) is 11.5. The maximum Gasteiger partial charge on any atom is 0.261 e. The molecule has 1 unspecified atom stereocenters. The van der Waals surface area contributed by atoms with E-state index in [1.807, 2.05) is 182 Å². The Bertz CT molecular complexity index is 3010. The van der Waals surface area contributed by atoms with E-state index in [9.17, 15) is 5.11 Å². The fourth-order valence-electron chi connectivity index (χ4n) is 11.1. The zero-order valence-corrected chi connectivity index (χ0v) is 48.1. The van der Waals surface area contributed by atoms with Crippen molar-refractivity contribution >= 4 is 18.7 Å². The topological polar surface area (TPSA) is 113 Å². The van der Waals surface area contributed by atoms with Gasteiger partial charge in [0.2, 0.25) is 0 Å². The first kappa shape index (κ1) is 58.7. The summed E-state index contributed by atoms with van der Waals surface area (Å²) in [5.41, 5.74) is 5.70. The first-order chi connectivity index (χ1) is 40.2. The summed E-state index contributed by atoms with van der Waals surface area (Å²) >= 11 is 0. The highest BCUT2D eigenvalue weighted by atomic mass is 28.4. The van der Waals surface area contributed by atoms with Gasteiger partial charge in [-0.25, -0.2) is 0 Å². The van der Waals surface area contributed by atoms with Crippen molar-refractivity contribution in [2.75, 3.05) is 13.2 Å². The van der Waals surface area contributed by atoms with Gasteiger partial charge < -0.3 is 52.2 Å². The number of rotatable bonds is 26. The van der Waals surface area contributed by atoms with E-state index in [4.69, 9.17) is 47.1 Å². The molecule has 0 amide bonds. The molecule has 0 aliphatic carbocycles. The van der Waals surface area contributed by atoms with Crippen LogP contribution in [0.25, 0.3) is 0 Å². The van der Waals surface area contributed by atoms with Crippen LogP contribution in [-0.4, -0.2) is 88.0 Å². The minimum absolute atomic E-state index is 0.0205. The van der Waals surface area contributed by atoms with Crippen molar-refractivity contribution in [2.45, 2.75) is 127 Å². The molecular formula is C70H76O11Si. The fraction of sp³-hybridized carbons (Fsp3) is 0.314. The molecule has 10 rings (SSSR count). The molecule has 8 aromatic carbocycles. The van der Waals surface area contributed by atoms with Gasteiger partial charge in [0.15, 0.2) is 12.6 Å². The van der Waals surface area contributed by atoms with Crippen molar-refractivity contribution < 1.29 is 52.2 Å². The third-order valence-corrected chi connectivity index (χ3v) is 20.2. The largest absolute Gasteiger partial charge is 0.405 e. The van der Waals surface area contributed by atoms with E-state index in [0.29, 0.717) is 0 Å². The van der Waals surface area contributed by atoms with Crippen LogP contribution in [0.2, 0.25) is 5.04 Å². The van der Waals surface area contributed by atoms with E-state index in [-0.39, 0.29) is 57.9 Å². The minimum Gasteiger partial charge on any atom is -0.405 e. The van der Waals surface area contributed by atoms with Crippen LogP contribution in [0, 0.1) is 0 Å². The van der Waals surface area contributed by atoms with E-state index < -0.39 is 69.7 Å². The summed E-state index contributed by atoms with van der Waals surface area (Å²) in [6, 6.07) is 81.1.